The second-order valence-corrected chi connectivity index (χ2v) is 8.93. The zero-order valence-electron chi connectivity index (χ0n) is 18.5. The third-order valence-corrected chi connectivity index (χ3v) is 6.59. The molecule has 3 aliphatic rings. The van der Waals surface area contributed by atoms with Crippen molar-refractivity contribution >= 4 is 41.3 Å². The number of ether oxygens (including phenoxy) is 2. The number of aromatic nitrogens is 2. The molecular formula is C22H23ClN6O6. The van der Waals surface area contributed by atoms with E-state index >= 15 is 0 Å². The number of rotatable bonds is 7. The van der Waals surface area contributed by atoms with E-state index in [2.05, 4.69) is 25.9 Å². The first-order valence-electron chi connectivity index (χ1n) is 11.1. The van der Waals surface area contributed by atoms with Gasteiger partial charge in [-0.05, 0) is 36.6 Å². The summed E-state index contributed by atoms with van der Waals surface area (Å²) in [4.78, 5) is 45.0. The predicted octanol–water partition coefficient (Wildman–Crippen LogP) is 1.95. The standard InChI is InChI=1S/C22H23ClN6O6/c23-15-3-1-2-13-14(15)6-11(18(13)28-21(31)32)7-24-5-4-12-9-29(22(33)35-12)16-8-25-20-19(26-16)27-17(30)10-34-20/h1-3,8,11-12,18,24,28H,4-7,9-10H2,(H,31,32)(H,26,27,30)/t11-,12+,18-/m0/s1. The number of fused-ring (bicyclic) bond motifs is 2. The number of halogens is 1. The summed E-state index contributed by atoms with van der Waals surface area (Å²) < 4.78 is 10.7. The van der Waals surface area contributed by atoms with E-state index in [0.29, 0.717) is 31.0 Å². The highest BCUT2D eigenvalue weighted by atomic mass is 35.5. The van der Waals surface area contributed by atoms with E-state index in [-0.39, 0.29) is 54.6 Å². The summed E-state index contributed by atoms with van der Waals surface area (Å²) in [5.74, 6) is 0.293. The van der Waals surface area contributed by atoms with Crippen LogP contribution in [-0.2, 0) is 16.0 Å². The molecule has 1 saturated heterocycles. The van der Waals surface area contributed by atoms with E-state index < -0.39 is 12.2 Å². The Balaban J connectivity index is 1.14. The molecule has 3 atom stereocenters. The summed E-state index contributed by atoms with van der Waals surface area (Å²) in [7, 11) is 0. The van der Waals surface area contributed by atoms with Gasteiger partial charge in [-0.3, -0.25) is 9.69 Å². The predicted molar refractivity (Wildman–Crippen MR) is 124 cm³/mol. The number of benzene rings is 1. The Morgan fingerprint density at radius 3 is 3.03 bits per heavy atom. The molecule has 2 aliphatic heterocycles. The molecule has 0 bridgehead atoms. The smallest absolute Gasteiger partial charge is 0.415 e. The van der Waals surface area contributed by atoms with Crippen molar-refractivity contribution in [2.75, 3.05) is 36.5 Å². The van der Waals surface area contributed by atoms with Crippen molar-refractivity contribution in [3.63, 3.8) is 0 Å². The minimum Gasteiger partial charge on any atom is -0.465 e. The number of carbonyl (C=O) groups excluding carboxylic acids is 2. The van der Waals surface area contributed by atoms with Crippen molar-refractivity contribution in [1.82, 2.24) is 20.6 Å². The summed E-state index contributed by atoms with van der Waals surface area (Å²) in [5, 5.41) is 18.4. The van der Waals surface area contributed by atoms with Gasteiger partial charge >= 0.3 is 12.2 Å². The van der Waals surface area contributed by atoms with Crippen LogP contribution < -0.4 is 25.6 Å². The summed E-state index contributed by atoms with van der Waals surface area (Å²) in [6.45, 7) is 1.29. The average Bonchev–Trinajstić information content (AvgIpc) is 3.37. The molecule has 12 nitrogen and oxygen atoms in total. The fraction of sp³-hybridized carbons (Fsp3) is 0.409. The molecule has 3 amide bonds. The third-order valence-electron chi connectivity index (χ3n) is 6.23. The first-order valence-corrected chi connectivity index (χ1v) is 11.5. The number of nitrogens with zero attached hydrogens (tertiary/aromatic N) is 3. The Morgan fingerprint density at radius 1 is 1.34 bits per heavy atom. The van der Waals surface area contributed by atoms with Crippen molar-refractivity contribution < 1.29 is 29.0 Å². The largest absolute Gasteiger partial charge is 0.465 e. The molecule has 184 valence electrons. The molecule has 3 heterocycles. The van der Waals surface area contributed by atoms with Gasteiger partial charge in [0.2, 0.25) is 0 Å². The van der Waals surface area contributed by atoms with Crippen LogP contribution in [0, 0.1) is 5.92 Å². The zero-order valence-corrected chi connectivity index (χ0v) is 19.2. The number of cyclic esters (lactones) is 1. The van der Waals surface area contributed by atoms with Crippen molar-refractivity contribution in [2.45, 2.75) is 25.0 Å². The van der Waals surface area contributed by atoms with Crippen LogP contribution in [0.15, 0.2) is 24.4 Å². The summed E-state index contributed by atoms with van der Waals surface area (Å²) in [6, 6.07) is 5.18. The molecule has 1 aromatic heterocycles. The Bertz CT molecular complexity index is 1180. The molecule has 4 N–H and O–H groups in total. The molecule has 0 radical (unpaired) electrons. The Kier molecular flexibility index (Phi) is 6.31. The lowest BCUT2D eigenvalue weighted by atomic mass is 10.0. The van der Waals surface area contributed by atoms with Gasteiger partial charge in [0.1, 0.15) is 6.10 Å². The molecule has 35 heavy (non-hydrogen) atoms. The van der Waals surface area contributed by atoms with Crippen molar-refractivity contribution in [3.8, 4) is 5.88 Å². The van der Waals surface area contributed by atoms with Crippen molar-refractivity contribution in [3.05, 3.63) is 40.5 Å². The van der Waals surface area contributed by atoms with Gasteiger partial charge in [-0.1, -0.05) is 23.7 Å². The van der Waals surface area contributed by atoms with Crippen LogP contribution in [-0.4, -0.2) is 65.5 Å². The molecule has 0 saturated carbocycles. The lowest BCUT2D eigenvalue weighted by molar-refractivity contribution is -0.118. The molecule has 1 fully saturated rings. The van der Waals surface area contributed by atoms with Crippen LogP contribution in [0.4, 0.5) is 21.2 Å². The van der Waals surface area contributed by atoms with Crippen LogP contribution >= 0.6 is 11.6 Å². The molecule has 2 aromatic rings. The number of amides is 3. The molecular weight excluding hydrogens is 480 g/mol. The highest BCUT2D eigenvalue weighted by Crippen LogP contribution is 2.39. The maximum atomic E-state index is 12.4. The van der Waals surface area contributed by atoms with Crippen LogP contribution in [0.2, 0.25) is 5.02 Å². The first kappa shape index (κ1) is 23.1. The van der Waals surface area contributed by atoms with Crippen molar-refractivity contribution in [2.24, 2.45) is 5.92 Å². The quantitative estimate of drug-likeness (QED) is 0.415. The topological polar surface area (TPSA) is 155 Å². The molecule has 13 heteroatoms. The number of carboxylic acid groups (broad SMARTS) is 1. The Morgan fingerprint density at radius 2 is 2.20 bits per heavy atom. The van der Waals surface area contributed by atoms with E-state index in [9.17, 15) is 19.5 Å². The normalized spacial score (nSPS) is 22.7. The fourth-order valence-corrected chi connectivity index (χ4v) is 4.89. The lowest BCUT2D eigenvalue weighted by Gasteiger charge is -2.21. The van der Waals surface area contributed by atoms with E-state index in [1.54, 1.807) is 0 Å². The Hall–Kier alpha value is -3.64. The van der Waals surface area contributed by atoms with Gasteiger partial charge in [-0.15, -0.1) is 0 Å². The van der Waals surface area contributed by atoms with Gasteiger partial charge < -0.3 is 30.5 Å². The summed E-state index contributed by atoms with van der Waals surface area (Å²) in [6.07, 6.45) is 0.633. The SMILES string of the molecule is O=C(O)N[C@@H]1c2cccc(Cl)c2C[C@H]1CNCC[C@@H]1CN(c2cnc3c(n2)NC(=O)CO3)C(=O)O1. The minimum absolute atomic E-state index is 0.00632. The van der Waals surface area contributed by atoms with E-state index in [4.69, 9.17) is 21.1 Å². The van der Waals surface area contributed by atoms with Gasteiger partial charge in [0.15, 0.2) is 18.2 Å². The molecule has 0 unspecified atom stereocenters. The van der Waals surface area contributed by atoms with Gasteiger partial charge in [-0.25, -0.2) is 19.6 Å². The van der Waals surface area contributed by atoms with Crippen LogP contribution in [0.1, 0.15) is 23.6 Å². The second-order valence-electron chi connectivity index (χ2n) is 8.53. The van der Waals surface area contributed by atoms with Crippen LogP contribution in [0.3, 0.4) is 0 Å². The van der Waals surface area contributed by atoms with Gasteiger partial charge in [0.25, 0.3) is 11.8 Å². The summed E-state index contributed by atoms with van der Waals surface area (Å²) >= 11 is 6.32. The van der Waals surface area contributed by atoms with E-state index in [1.165, 1.54) is 11.1 Å². The maximum Gasteiger partial charge on any atom is 0.415 e. The summed E-state index contributed by atoms with van der Waals surface area (Å²) in [5.41, 5.74) is 1.87. The molecule has 5 rings (SSSR count). The lowest BCUT2D eigenvalue weighted by Crippen LogP contribution is -2.36. The number of hydrogen-bond donors (Lipinski definition) is 4. The molecule has 1 aliphatic carbocycles. The fourth-order valence-electron chi connectivity index (χ4n) is 4.63. The molecule has 1 aromatic carbocycles. The monoisotopic (exact) mass is 502 g/mol. The van der Waals surface area contributed by atoms with E-state index in [1.807, 2.05) is 18.2 Å². The van der Waals surface area contributed by atoms with E-state index in [0.717, 1.165) is 11.1 Å². The number of nitrogens with one attached hydrogen (secondary N) is 3. The van der Waals surface area contributed by atoms with Crippen LogP contribution in [0.5, 0.6) is 5.88 Å². The highest BCUT2D eigenvalue weighted by Gasteiger charge is 2.36. The van der Waals surface area contributed by atoms with Gasteiger partial charge in [0.05, 0.1) is 18.8 Å². The number of carbonyl (C=O) groups is 3. The average molecular weight is 503 g/mol. The molecule has 0 spiro atoms. The zero-order chi connectivity index (χ0) is 24.5. The third kappa shape index (κ3) is 4.80. The van der Waals surface area contributed by atoms with Crippen LogP contribution in [0.25, 0.3) is 0 Å². The van der Waals surface area contributed by atoms with Crippen molar-refractivity contribution in [1.29, 1.82) is 0 Å². The Labute approximate surface area is 205 Å². The minimum atomic E-state index is -1.08. The number of hydrogen-bond acceptors (Lipinski definition) is 8. The van der Waals surface area contributed by atoms with Gasteiger partial charge in [-0.2, -0.15) is 0 Å². The highest BCUT2D eigenvalue weighted by molar-refractivity contribution is 6.31. The first-order chi connectivity index (χ1) is 16.9. The maximum absolute atomic E-state index is 12.4. The number of anilines is 2. The second kappa shape index (κ2) is 9.55. The van der Waals surface area contributed by atoms with Gasteiger partial charge in [0, 0.05) is 17.5 Å².